The van der Waals surface area contributed by atoms with Gasteiger partial charge in [0.15, 0.2) is 11.6 Å². The second kappa shape index (κ2) is 7.78. The number of carboxylic acid groups (broad SMARTS) is 1. The lowest BCUT2D eigenvalue weighted by molar-refractivity contribution is -0.192. The average molecular weight is 322 g/mol. The Morgan fingerprint density at radius 2 is 2.18 bits per heavy atom. The first-order valence-electron chi connectivity index (χ1n) is 6.38. The Hall–Kier alpha value is -2.10. The lowest BCUT2D eigenvalue weighted by atomic mass is 10.2. The molecule has 0 radical (unpaired) electrons. The van der Waals surface area contributed by atoms with Gasteiger partial charge in [-0.05, 0) is 6.92 Å². The van der Waals surface area contributed by atoms with E-state index in [1.54, 1.807) is 19.6 Å². The standard InChI is InChI=1S/C10H16N4O.C2HF3O2/c1-8-6-14(4-3-12-8)10-9(15-2)5-11-7-13-10;3-2(4,5)1(6)7/h5,7-8,12H,3-4,6H2,1-2H3;(H,6,7)/t8-;/m0./s1. The van der Waals surface area contributed by atoms with Crippen molar-refractivity contribution in [2.24, 2.45) is 0 Å². The third-order valence-corrected chi connectivity index (χ3v) is 2.79. The molecule has 2 N–H and O–H groups in total. The molecule has 124 valence electrons. The molecule has 2 heterocycles. The number of aromatic nitrogens is 2. The predicted octanol–water partition coefficient (Wildman–Crippen LogP) is 0.917. The van der Waals surface area contributed by atoms with E-state index in [0.717, 1.165) is 31.2 Å². The highest BCUT2D eigenvalue weighted by Crippen LogP contribution is 2.24. The van der Waals surface area contributed by atoms with Gasteiger partial charge in [-0.1, -0.05) is 0 Å². The van der Waals surface area contributed by atoms with E-state index >= 15 is 0 Å². The number of aliphatic carboxylic acids is 1. The van der Waals surface area contributed by atoms with Crippen LogP contribution in [0.15, 0.2) is 12.5 Å². The van der Waals surface area contributed by atoms with Gasteiger partial charge in [-0.15, -0.1) is 0 Å². The third-order valence-electron chi connectivity index (χ3n) is 2.79. The average Bonchev–Trinajstić information content (AvgIpc) is 2.47. The second-order valence-electron chi connectivity index (χ2n) is 4.52. The number of carboxylic acids is 1. The van der Waals surface area contributed by atoms with Crippen LogP contribution in [0.5, 0.6) is 5.75 Å². The van der Waals surface area contributed by atoms with Gasteiger partial charge in [0.1, 0.15) is 6.33 Å². The van der Waals surface area contributed by atoms with Gasteiger partial charge in [0.25, 0.3) is 0 Å². The van der Waals surface area contributed by atoms with Gasteiger partial charge < -0.3 is 20.1 Å². The smallest absolute Gasteiger partial charge is 0.490 e. The lowest BCUT2D eigenvalue weighted by Crippen LogP contribution is -2.49. The molecule has 1 aliphatic rings. The number of piperazine rings is 1. The summed E-state index contributed by atoms with van der Waals surface area (Å²) >= 11 is 0. The molecule has 1 aromatic rings. The van der Waals surface area contributed by atoms with Crippen molar-refractivity contribution in [1.29, 1.82) is 0 Å². The fraction of sp³-hybridized carbons (Fsp3) is 0.583. The normalized spacial score (nSPS) is 18.2. The molecule has 1 fully saturated rings. The molecule has 0 bridgehead atoms. The quantitative estimate of drug-likeness (QED) is 0.837. The van der Waals surface area contributed by atoms with Gasteiger partial charge in [0, 0.05) is 25.7 Å². The van der Waals surface area contributed by atoms with Crippen LogP contribution >= 0.6 is 0 Å². The van der Waals surface area contributed by atoms with Crippen molar-refractivity contribution >= 4 is 11.8 Å². The Morgan fingerprint density at radius 3 is 2.68 bits per heavy atom. The van der Waals surface area contributed by atoms with Crippen molar-refractivity contribution < 1.29 is 27.8 Å². The molecule has 0 aliphatic carbocycles. The Kier molecular flexibility index (Phi) is 6.35. The fourth-order valence-corrected chi connectivity index (χ4v) is 1.82. The van der Waals surface area contributed by atoms with E-state index in [4.69, 9.17) is 14.6 Å². The summed E-state index contributed by atoms with van der Waals surface area (Å²) in [5.74, 6) is -1.13. The van der Waals surface area contributed by atoms with Crippen LogP contribution in [0.4, 0.5) is 19.0 Å². The fourth-order valence-electron chi connectivity index (χ4n) is 1.82. The van der Waals surface area contributed by atoms with Crippen molar-refractivity contribution in [3.8, 4) is 5.75 Å². The number of rotatable bonds is 2. The molecule has 1 saturated heterocycles. The summed E-state index contributed by atoms with van der Waals surface area (Å²) in [6.45, 7) is 5.05. The van der Waals surface area contributed by atoms with Crippen molar-refractivity contribution in [2.75, 3.05) is 31.6 Å². The maximum absolute atomic E-state index is 10.6. The number of hydrogen-bond donors (Lipinski definition) is 2. The molecule has 22 heavy (non-hydrogen) atoms. The van der Waals surface area contributed by atoms with E-state index in [2.05, 4.69) is 27.1 Å². The highest BCUT2D eigenvalue weighted by atomic mass is 19.4. The molecule has 0 amide bonds. The van der Waals surface area contributed by atoms with Crippen LogP contribution in [-0.2, 0) is 4.79 Å². The number of alkyl halides is 3. The van der Waals surface area contributed by atoms with Crippen molar-refractivity contribution in [3.05, 3.63) is 12.5 Å². The summed E-state index contributed by atoms with van der Waals surface area (Å²) in [6, 6.07) is 0.485. The predicted molar refractivity (Wildman–Crippen MR) is 72.0 cm³/mol. The first-order chi connectivity index (χ1) is 10.3. The first kappa shape index (κ1) is 18.0. The topological polar surface area (TPSA) is 87.6 Å². The van der Waals surface area contributed by atoms with Crippen LogP contribution < -0.4 is 15.0 Å². The molecule has 2 rings (SSSR count). The first-order valence-corrected chi connectivity index (χ1v) is 6.38. The molecule has 1 aromatic heterocycles. The molecule has 0 unspecified atom stereocenters. The minimum absolute atomic E-state index is 0.485. The maximum Gasteiger partial charge on any atom is 0.490 e. The summed E-state index contributed by atoms with van der Waals surface area (Å²) in [7, 11) is 1.65. The van der Waals surface area contributed by atoms with Gasteiger partial charge in [0.2, 0.25) is 0 Å². The second-order valence-corrected chi connectivity index (χ2v) is 4.52. The van der Waals surface area contributed by atoms with Crippen LogP contribution in [0.25, 0.3) is 0 Å². The van der Waals surface area contributed by atoms with Gasteiger partial charge in [0.05, 0.1) is 13.3 Å². The zero-order chi connectivity index (χ0) is 16.8. The number of nitrogens with zero attached hydrogens (tertiary/aromatic N) is 3. The van der Waals surface area contributed by atoms with Crippen LogP contribution in [-0.4, -0.2) is 60.0 Å². The number of ether oxygens (including phenoxy) is 1. The van der Waals surface area contributed by atoms with Crippen molar-refractivity contribution in [2.45, 2.75) is 19.1 Å². The number of anilines is 1. The molecular formula is C12H17F3N4O3. The highest BCUT2D eigenvalue weighted by molar-refractivity contribution is 5.73. The molecule has 0 spiro atoms. The zero-order valence-corrected chi connectivity index (χ0v) is 12.1. The largest absolute Gasteiger partial charge is 0.491 e. The maximum atomic E-state index is 10.6. The number of methoxy groups -OCH3 is 1. The Bertz CT molecular complexity index is 499. The molecule has 0 aromatic carbocycles. The molecular weight excluding hydrogens is 305 g/mol. The zero-order valence-electron chi connectivity index (χ0n) is 12.1. The number of nitrogens with one attached hydrogen (secondary N) is 1. The minimum atomic E-state index is -5.08. The Labute approximate surface area is 125 Å². The van der Waals surface area contributed by atoms with E-state index in [-0.39, 0.29) is 0 Å². The van der Waals surface area contributed by atoms with E-state index in [1.165, 1.54) is 0 Å². The summed E-state index contributed by atoms with van der Waals surface area (Å²) in [5, 5.41) is 10.5. The molecule has 10 heteroatoms. The number of halogens is 3. The lowest BCUT2D eigenvalue weighted by Gasteiger charge is -2.33. The molecule has 0 saturated carbocycles. The van der Waals surface area contributed by atoms with Gasteiger partial charge in [-0.3, -0.25) is 0 Å². The minimum Gasteiger partial charge on any atom is -0.491 e. The summed E-state index contributed by atoms with van der Waals surface area (Å²) in [4.78, 5) is 19.3. The number of carbonyl (C=O) groups is 1. The van der Waals surface area contributed by atoms with Crippen molar-refractivity contribution in [1.82, 2.24) is 15.3 Å². The van der Waals surface area contributed by atoms with Gasteiger partial charge in [-0.2, -0.15) is 13.2 Å². The van der Waals surface area contributed by atoms with Crippen LogP contribution in [0, 0.1) is 0 Å². The summed E-state index contributed by atoms with van der Waals surface area (Å²) < 4.78 is 37.0. The third kappa shape index (κ3) is 5.35. The SMILES string of the molecule is COc1cncnc1N1CCN[C@@H](C)C1.O=C(O)C(F)(F)F. The van der Waals surface area contributed by atoms with E-state index in [9.17, 15) is 13.2 Å². The van der Waals surface area contributed by atoms with Crippen molar-refractivity contribution in [3.63, 3.8) is 0 Å². The van der Waals surface area contributed by atoms with Crippen LogP contribution in [0.2, 0.25) is 0 Å². The van der Waals surface area contributed by atoms with Gasteiger partial charge >= 0.3 is 12.1 Å². The van der Waals surface area contributed by atoms with Crippen LogP contribution in [0.3, 0.4) is 0 Å². The van der Waals surface area contributed by atoms with Crippen LogP contribution in [0.1, 0.15) is 6.92 Å². The molecule has 1 aliphatic heterocycles. The summed E-state index contributed by atoms with van der Waals surface area (Å²) in [6.07, 6.45) is -1.82. The summed E-state index contributed by atoms with van der Waals surface area (Å²) in [5.41, 5.74) is 0. The van der Waals surface area contributed by atoms with Gasteiger partial charge in [-0.25, -0.2) is 14.8 Å². The molecule has 7 nitrogen and oxygen atoms in total. The highest BCUT2D eigenvalue weighted by Gasteiger charge is 2.38. The van der Waals surface area contributed by atoms with E-state index in [1.807, 2.05) is 0 Å². The Morgan fingerprint density at radius 1 is 1.55 bits per heavy atom. The Balaban J connectivity index is 0.000000295. The molecule has 1 atom stereocenters. The van der Waals surface area contributed by atoms with E-state index in [0.29, 0.717) is 6.04 Å². The van der Waals surface area contributed by atoms with E-state index < -0.39 is 12.1 Å². The monoisotopic (exact) mass is 322 g/mol. The number of hydrogen-bond acceptors (Lipinski definition) is 6.